The highest BCUT2D eigenvalue weighted by molar-refractivity contribution is 6.42. The Morgan fingerprint density at radius 2 is 0.750 bits per heavy atom. The molecule has 14 heteroatoms. The first-order valence-corrected chi connectivity index (χ1v) is 18.9. The van der Waals surface area contributed by atoms with Gasteiger partial charge in [0.2, 0.25) is 0 Å². The van der Waals surface area contributed by atoms with Crippen LogP contribution in [0.25, 0.3) is 0 Å². The Kier molecular flexibility index (Phi) is 8.31. The molecule has 8 bridgehead atoms. The molecule has 4 heterocycles. The van der Waals surface area contributed by atoms with Gasteiger partial charge in [0.05, 0.1) is 46.5 Å². The molecule has 0 atom stereocenters. The van der Waals surface area contributed by atoms with Gasteiger partial charge in [-0.05, 0) is 90.8 Å². The van der Waals surface area contributed by atoms with Crippen molar-refractivity contribution in [2.45, 2.75) is 89.6 Å². The quantitative estimate of drug-likeness (QED) is 0.176. The van der Waals surface area contributed by atoms with Crippen LogP contribution in [0.2, 0.25) is 20.1 Å². The minimum Gasteiger partial charge on any atom is -0.465 e. The highest BCUT2D eigenvalue weighted by Gasteiger charge is 3.16. The summed E-state index contributed by atoms with van der Waals surface area (Å²) in [5.41, 5.74) is -14.7. The lowest BCUT2D eigenvalue weighted by Gasteiger charge is -2.99. The maximum atomic E-state index is 15.2. The van der Waals surface area contributed by atoms with Crippen LogP contribution in [-0.2, 0) is 47.6 Å². The van der Waals surface area contributed by atoms with Gasteiger partial charge in [-0.15, -0.1) is 0 Å². The fourth-order valence-electron chi connectivity index (χ4n) is 12.6. The van der Waals surface area contributed by atoms with Gasteiger partial charge in [-0.2, -0.15) is 0 Å². The summed E-state index contributed by atoms with van der Waals surface area (Å²) in [5.74, 6) is -5.58. The average molecular weight is 799 g/mol. The minimum absolute atomic E-state index is 0.0584. The predicted octanol–water partition coefficient (Wildman–Crippen LogP) is 7.50. The SMILES string of the molecule is CCOC(=O)C12C(c3ccc(Cl)c(Cl)c3)C3(C(=O)OCC)C4(C)OC1(C)C1(C(=O)OCC)C(c5ccc(Cl)c(Cl)c5)C4(C(=O)OCC)C3(C)OC21C. The Labute approximate surface area is 321 Å². The summed E-state index contributed by atoms with van der Waals surface area (Å²) in [6.07, 6.45) is 0. The molecule has 52 heavy (non-hydrogen) atoms. The fraction of sp³-hybridized carbons (Fsp3) is 0.579. The van der Waals surface area contributed by atoms with Crippen molar-refractivity contribution < 1.29 is 47.6 Å². The van der Waals surface area contributed by atoms with E-state index >= 15 is 19.2 Å². The second-order valence-electron chi connectivity index (χ2n) is 14.7. The first-order chi connectivity index (χ1) is 24.4. The van der Waals surface area contributed by atoms with Crippen LogP contribution in [0, 0.1) is 21.7 Å². The largest absolute Gasteiger partial charge is 0.465 e. The van der Waals surface area contributed by atoms with Gasteiger partial charge < -0.3 is 28.4 Å². The van der Waals surface area contributed by atoms with Gasteiger partial charge in [-0.25, -0.2) is 0 Å². The molecule has 0 unspecified atom stereocenters. The molecule has 4 saturated heterocycles. The summed E-state index contributed by atoms with van der Waals surface area (Å²) in [6, 6.07) is 9.65. The van der Waals surface area contributed by atoms with Gasteiger partial charge in [0.15, 0.2) is 0 Å². The Hall–Kier alpha value is -2.60. The third kappa shape index (κ3) is 3.32. The number of benzene rings is 2. The van der Waals surface area contributed by atoms with E-state index < -0.39 is 79.8 Å². The van der Waals surface area contributed by atoms with Crippen LogP contribution >= 0.6 is 46.4 Å². The zero-order valence-electron chi connectivity index (χ0n) is 30.0. The number of halogens is 4. The van der Waals surface area contributed by atoms with Crippen molar-refractivity contribution in [1.82, 2.24) is 0 Å². The van der Waals surface area contributed by atoms with E-state index in [2.05, 4.69) is 0 Å². The lowest BCUT2D eigenvalue weighted by Crippen LogP contribution is -3.14. The van der Waals surface area contributed by atoms with Crippen LogP contribution in [0.4, 0.5) is 0 Å². The Morgan fingerprint density at radius 3 is 0.962 bits per heavy atom. The molecule has 6 fully saturated rings. The molecular formula is C38H40Cl4O10. The molecule has 0 radical (unpaired) electrons. The van der Waals surface area contributed by atoms with Crippen molar-refractivity contribution >= 4 is 70.3 Å². The van der Waals surface area contributed by atoms with E-state index in [0.29, 0.717) is 11.1 Å². The maximum Gasteiger partial charge on any atom is 0.318 e. The van der Waals surface area contributed by atoms with Crippen molar-refractivity contribution in [2.24, 2.45) is 21.7 Å². The third-order valence-corrected chi connectivity index (χ3v) is 15.0. The van der Waals surface area contributed by atoms with Crippen LogP contribution in [-0.4, -0.2) is 72.7 Å². The number of carbonyl (C=O) groups excluding carboxylic acids is 4. The van der Waals surface area contributed by atoms with E-state index in [-0.39, 0.29) is 46.5 Å². The Morgan fingerprint density at radius 1 is 0.500 bits per heavy atom. The molecule has 0 N–H and O–H groups in total. The summed E-state index contributed by atoms with van der Waals surface area (Å²) in [4.78, 5) is 61.0. The lowest BCUT2D eigenvalue weighted by atomic mass is 9.09. The van der Waals surface area contributed by atoms with Crippen LogP contribution in [0.15, 0.2) is 36.4 Å². The standard InChI is InChI=1S/C38H40Cl4O10/c1-9-47-27(43)35-25(19-13-15-21(39)23(41)17-19)36(28(44)48-10-2)33(7)38(30(46)50-12-4)26(20-14-16-22(40)24(42)18-20)37(29(45)49-11-3,31(35,5)51-33)32(35,6)52-34(36,38)8/h13-18,25-26H,9-12H2,1-8H3. The zero-order valence-corrected chi connectivity index (χ0v) is 33.1. The third-order valence-electron chi connectivity index (χ3n) is 13.5. The average Bonchev–Trinajstić information content (AvgIpc) is 3.06. The van der Waals surface area contributed by atoms with E-state index in [1.165, 1.54) is 0 Å². The Balaban J connectivity index is 1.75. The molecule has 2 aliphatic carbocycles. The predicted molar refractivity (Wildman–Crippen MR) is 190 cm³/mol. The van der Waals surface area contributed by atoms with Gasteiger partial charge in [-0.3, -0.25) is 19.2 Å². The second kappa shape index (κ2) is 11.5. The maximum absolute atomic E-state index is 15.2. The number of esters is 4. The molecule has 8 rings (SSSR count). The minimum atomic E-state index is -1.97. The van der Waals surface area contributed by atoms with E-state index in [9.17, 15) is 0 Å². The fourth-order valence-corrected chi connectivity index (χ4v) is 13.3. The van der Waals surface area contributed by atoms with E-state index in [1.807, 2.05) is 0 Å². The van der Waals surface area contributed by atoms with Gasteiger partial charge in [-0.1, -0.05) is 58.5 Å². The van der Waals surface area contributed by atoms with E-state index in [1.54, 1.807) is 91.8 Å². The molecule has 280 valence electrons. The number of carbonyl (C=O) groups is 4. The molecule has 0 spiro atoms. The number of hydrogen-bond acceptors (Lipinski definition) is 10. The van der Waals surface area contributed by atoms with Crippen LogP contribution in [0.1, 0.15) is 78.4 Å². The van der Waals surface area contributed by atoms with E-state index in [0.717, 1.165) is 0 Å². The molecule has 4 aliphatic heterocycles. The highest BCUT2D eigenvalue weighted by Crippen LogP contribution is 3.02. The van der Waals surface area contributed by atoms with Gasteiger partial charge in [0.25, 0.3) is 0 Å². The lowest BCUT2D eigenvalue weighted by molar-refractivity contribution is -0.625. The summed E-state index contributed by atoms with van der Waals surface area (Å²) < 4.78 is 38.5. The summed E-state index contributed by atoms with van der Waals surface area (Å²) in [6.45, 7) is 12.9. The summed E-state index contributed by atoms with van der Waals surface area (Å²) >= 11 is 26.3. The van der Waals surface area contributed by atoms with Gasteiger partial charge in [0, 0.05) is 11.8 Å². The van der Waals surface area contributed by atoms with Crippen molar-refractivity contribution in [2.75, 3.05) is 26.4 Å². The van der Waals surface area contributed by atoms with Gasteiger partial charge in [0.1, 0.15) is 44.1 Å². The highest BCUT2D eigenvalue weighted by atomic mass is 35.5. The molecular weight excluding hydrogens is 758 g/mol. The smallest absolute Gasteiger partial charge is 0.318 e. The topological polar surface area (TPSA) is 124 Å². The van der Waals surface area contributed by atoms with Crippen molar-refractivity contribution in [3.05, 3.63) is 67.6 Å². The van der Waals surface area contributed by atoms with Crippen LogP contribution in [0.3, 0.4) is 0 Å². The zero-order chi connectivity index (χ0) is 38.2. The van der Waals surface area contributed by atoms with Crippen molar-refractivity contribution in [1.29, 1.82) is 0 Å². The first kappa shape index (κ1) is 37.7. The molecule has 2 aromatic carbocycles. The second-order valence-corrected chi connectivity index (χ2v) is 16.3. The Bertz CT molecular complexity index is 1700. The first-order valence-electron chi connectivity index (χ1n) is 17.4. The van der Waals surface area contributed by atoms with Crippen molar-refractivity contribution in [3.63, 3.8) is 0 Å². The van der Waals surface area contributed by atoms with Crippen LogP contribution in [0.5, 0.6) is 0 Å². The molecule has 2 saturated carbocycles. The summed E-state index contributed by atoms with van der Waals surface area (Å²) in [5, 5.41) is 0.755. The molecule has 2 aromatic rings. The molecule has 6 aliphatic rings. The normalized spacial score (nSPS) is 41.4. The number of hydrogen-bond donors (Lipinski definition) is 0. The monoisotopic (exact) mass is 796 g/mol. The number of ether oxygens (including phenoxy) is 6. The van der Waals surface area contributed by atoms with E-state index in [4.69, 9.17) is 74.8 Å². The van der Waals surface area contributed by atoms with Crippen LogP contribution < -0.4 is 0 Å². The van der Waals surface area contributed by atoms with Gasteiger partial charge >= 0.3 is 23.9 Å². The molecule has 0 aromatic heterocycles. The molecule has 0 amide bonds. The van der Waals surface area contributed by atoms with Crippen molar-refractivity contribution in [3.8, 4) is 0 Å². The number of rotatable bonds is 10. The molecule has 10 nitrogen and oxygen atoms in total. The summed E-state index contributed by atoms with van der Waals surface area (Å²) in [7, 11) is 0.